The highest BCUT2D eigenvalue weighted by Crippen LogP contribution is 2.08. The van der Waals surface area contributed by atoms with E-state index in [2.05, 4.69) is 31.1 Å². The molecule has 0 aliphatic rings. The zero-order valence-electron chi connectivity index (χ0n) is 10.9. The highest BCUT2D eigenvalue weighted by molar-refractivity contribution is 4.94. The van der Waals surface area contributed by atoms with E-state index in [0.717, 1.165) is 12.2 Å². The minimum atomic E-state index is -0.0866. The van der Waals surface area contributed by atoms with Gasteiger partial charge in [0.2, 0.25) is 0 Å². The second kappa shape index (κ2) is 5.46. The van der Waals surface area contributed by atoms with Gasteiger partial charge in [-0.1, -0.05) is 0 Å². The van der Waals surface area contributed by atoms with Crippen LogP contribution in [0.2, 0.25) is 0 Å². The number of hydrogen-bond donors (Lipinski definition) is 1. The molecule has 0 saturated carbocycles. The first-order chi connectivity index (χ1) is 7.42. The molecule has 1 N–H and O–H groups in total. The van der Waals surface area contributed by atoms with Crippen LogP contribution >= 0.6 is 0 Å². The molecule has 92 valence electrons. The Morgan fingerprint density at radius 3 is 2.62 bits per heavy atom. The van der Waals surface area contributed by atoms with Gasteiger partial charge in [-0.15, -0.1) is 0 Å². The molecule has 1 aromatic rings. The number of aromatic nitrogens is 2. The first kappa shape index (κ1) is 13.2. The largest absolute Gasteiger partial charge is 0.374 e. The molecule has 0 aliphatic heterocycles. The minimum absolute atomic E-state index is 0.0866. The quantitative estimate of drug-likeness (QED) is 0.822. The van der Waals surface area contributed by atoms with E-state index in [4.69, 9.17) is 4.74 Å². The van der Waals surface area contributed by atoms with Crippen molar-refractivity contribution in [1.29, 1.82) is 0 Å². The Labute approximate surface area is 98.0 Å². The topological polar surface area (TPSA) is 39.1 Å². The number of imidazole rings is 1. The molecule has 0 aliphatic carbocycles. The molecule has 0 bridgehead atoms. The first-order valence-electron chi connectivity index (χ1n) is 5.70. The van der Waals surface area contributed by atoms with E-state index in [-0.39, 0.29) is 5.60 Å². The van der Waals surface area contributed by atoms with E-state index in [1.54, 1.807) is 0 Å². The van der Waals surface area contributed by atoms with Gasteiger partial charge in [0, 0.05) is 31.9 Å². The molecule has 0 amide bonds. The number of ether oxygens (including phenoxy) is 1. The molecule has 0 spiro atoms. The summed E-state index contributed by atoms with van der Waals surface area (Å²) < 4.78 is 7.81. The van der Waals surface area contributed by atoms with Crippen molar-refractivity contribution in [2.24, 2.45) is 7.05 Å². The number of nitrogens with zero attached hydrogens (tertiary/aromatic N) is 2. The summed E-state index contributed by atoms with van der Waals surface area (Å²) in [6.45, 7) is 6.91. The standard InChI is InChI=1S/C12H23N3O/c1-12(2,3)16-9-10(13-4)8-11-14-6-7-15(11)5/h6-7,10,13H,8-9H2,1-5H3. The van der Waals surface area contributed by atoms with E-state index in [9.17, 15) is 0 Å². The van der Waals surface area contributed by atoms with E-state index in [1.807, 2.05) is 31.1 Å². The number of rotatable bonds is 5. The van der Waals surface area contributed by atoms with Gasteiger partial charge in [0.05, 0.1) is 12.2 Å². The number of hydrogen-bond acceptors (Lipinski definition) is 3. The van der Waals surface area contributed by atoms with Crippen molar-refractivity contribution in [1.82, 2.24) is 14.9 Å². The summed E-state index contributed by atoms with van der Waals surface area (Å²) in [5.74, 6) is 1.08. The van der Waals surface area contributed by atoms with Crippen LogP contribution in [-0.2, 0) is 18.2 Å². The second-order valence-corrected chi connectivity index (χ2v) is 5.07. The lowest BCUT2D eigenvalue weighted by Gasteiger charge is -2.24. The van der Waals surface area contributed by atoms with E-state index < -0.39 is 0 Å². The predicted octanol–water partition coefficient (Wildman–Crippen LogP) is 1.37. The van der Waals surface area contributed by atoms with Crippen molar-refractivity contribution in [3.8, 4) is 0 Å². The van der Waals surface area contributed by atoms with Crippen LogP contribution in [0.3, 0.4) is 0 Å². The monoisotopic (exact) mass is 225 g/mol. The van der Waals surface area contributed by atoms with Gasteiger partial charge in [-0.2, -0.15) is 0 Å². The zero-order chi connectivity index (χ0) is 12.2. The Morgan fingerprint density at radius 2 is 2.19 bits per heavy atom. The maximum Gasteiger partial charge on any atom is 0.110 e. The Bertz CT molecular complexity index is 314. The van der Waals surface area contributed by atoms with Crippen molar-refractivity contribution in [2.75, 3.05) is 13.7 Å². The molecule has 4 heteroatoms. The Balaban J connectivity index is 2.47. The van der Waals surface area contributed by atoms with Crippen molar-refractivity contribution < 1.29 is 4.74 Å². The van der Waals surface area contributed by atoms with Crippen molar-refractivity contribution in [2.45, 2.75) is 38.8 Å². The number of likely N-dealkylation sites (N-methyl/N-ethyl adjacent to an activating group) is 1. The van der Waals surface area contributed by atoms with E-state index >= 15 is 0 Å². The van der Waals surface area contributed by atoms with Gasteiger partial charge >= 0.3 is 0 Å². The van der Waals surface area contributed by atoms with Gasteiger partial charge in [-0.05, 0) is 27.8 Å². The predicted molar refractivity (Wildman–Crippen MR) is 65.5 cm³/mol. The molecule has 0 fully saturated rings. The van der Waals surface area contributed by atoms with Crippen molar-refractivity contribution >= 4 is 0 Å². The summed E-state index contributed by atoms with van der Waals surface area (Å²) >= 11 is 0. The van der Waals surface area contributed by atoms with Gasteiger partial charge in [0.25, 0.3) is 0 Å². The highest BCUT2D eigenvalue weighted by Gasteiger charge is 2.15. The van der Waals surface area contributed by atoms with Crippen LogP contribution in [0.4, 0.5) is 0 Å². The van der Waals surface area contributed by atoms with Gasteiger partial charge in [-0.3, -0.25) is 0 Å². The third-order valence-corrected chi connectivity index (χ3v) is 2.48. The average Bonchev–Trinajstić information content (AvgIpc) is 2.57. The lowest BCUT2D eigenvalue weighted by Crippen LogP contribution is -2.36. The fraction of sp³-hybridized carbons (Fsp3) is 0.750. The molecular formula is C12H23N3O. The van der Waals surface area contributed by atoms with E-state index in [1.165, 1.54) is 0 Å². The highest BCUT2D eigenvalue weighted by atomic mass is 16.5. The summed E-state index contributed by atoms with van der Waals surface area (Å²) in [4.78, 5) is 4.32. The first-order valence-corrected chi connectivity index (χ1v) is 5.70. The summed E-state index contributed by atoms with van der Waals surface area (Å²) in [6.07, 6.45) is 4.68. The molecule has 1 atom stereocenters. The van der Waals surface area contributed by atoms with Crippen molar-refractivity contribution in [3.05, 3.63) is 18.2 Å². The van der Waals surface area contributed by atoms with Crippen LogP contribution in [-0.4, -0.2) is 34.8 Å². The Kier molecular flexibility index (Phi) is 4.50. The molecule has 0 radical (unpaired) electrons. The fourth-order valence-electron chi connectivity index (χ4n) is 1.41. The van der Waals surface area contributed by atoms with Crippen LogP contribution < -0.4 is 5.32 Å². The third-order valence-electron chi connectivity index (χ3n) is 2.48. The SMILES string of the molecule is CNC(COC(C)(C)C)Cc1nccn1C. The molecule has 0 saturated heterocycles. The lowest BCUT2D eigenvalue weighted by atomic mass is 10.1. The van der Waals surface area contributed by atoms with E-state index in [0.29, 0.717) is 12.6 Å². The van der Waals surface area contributed by atoms with Gasteiger partial charge in [-0.25, -0.2) is 4.98 Å². The molecule has 1 aromatic heterocycles. The van der Waals surface area contributed by atoms with Crippen LogP contribution in [0, 0.1) is 0 Å². The molecule has 1 unspecified atom stereocenters. The maximum atomic E-state index is 5.77. The fourth-order valence-corrected chi connectivity index (χ4v) is 1.41. The molecular weight excluding hydrogens is 202 g/mol. The summed E-state index contributed by atoms with van der Waals surface area (Å²) in [5, 5.41) is 3.26. The smallest absolute Gasteiger partial charge is 0.110 e. The van der Waals surface area contributed by atoms with Gasteiger partial charge in [0.1, 0.15) is 5.82 Å². The lowest BCUT2D eigenvalue weighted by molar-refractivity contribution is -0.0137. The second-order valence-electron chi connectivity index (χ2n) is 5.07. The third kappa shape index (κ3) is 4.33. The number of nitrogens with one attached hydrogen (secondary N) is 1. The van der Waals surface area contributed by atoms with Crippen LogP contribution in [0.15, 0.2) is 12.4 Å². The molecule has 0 aromatic carbocycles. The minimum Gasteiger partial charge on any atom is -0.374 e. The average molecular weight is 225 g/mol. The number of aryl methyl sites for hydroxylation is 1. The summed E-state index contributed by atoms with van der Waals surface area (Å²) in [5.41, 5.74) is -0.0866. The zero-order valence-corrected chi connectivity index (χ0v) is 10.9. The normalized spacial score (nSPS) is 14.1. The van der Waals surface area contributed by atoms with Gasteiger partial charge in [0.15, 0.2) is 0 Å². The van der Waals surface area contributed by atoms with Crippen LogP contribution in [0.5, 0.6) is 0 Å². The van der Waals surface area contributed by atoms with Crippen molar-refractivity contribution in [3.63, 3.8) is 0 Å². The summed E-state index contributed by atoms with van der Waals surface area (Å²) in [6, 6.07) is 0.306. The molecule has 4 nitrogen and oxygen atoms in total. The molecule has 1 rings (SSSR count). The van der Waals surface area contributed by atoms with Crippen LogP contribution in [0.25, 0.3) is 0 Å². The Morgan fingerprint density at radius 1 is 1.50 bits per heavy atom. The Hall–Kier alpha value is -0.870. The van der Waals surface area contributed by atoms with Crippen LogP contribution in [0.1, 0.15) is 26.6 Å². The maximum absolute atomic E-state index is 5.77. The van der Waals surface area contributed by atoms with Gasteiger partial charge < -0.3 is 14.6 Å². The molecule has 16 heavy (non-hydrogen) atoms. The summed E-state index contributed by atoms with van der Waals surface area (Å²) in [7, 11) is 3.97. The molecule has 1 heterocycles.